The fourth-order valence-corrected chi connectivity index (χ4v) is 2.81. The van der Waals surface area contributed by atoms with Crippen LogP contribution in [0.5, 0.6) is 0 Å². The molecule has 1 saturated heterocycles. The number of hydrogen-bond donors (Lipinski definition) is 1. The number of aryl methyl sites for hydroxylation is 2. The molecule has 2 amide bonds. The van der Waals surface area contributed by atoms with E-state index in [9.17, 15) is 9.59 Å². The molecule has 2 aromatic rings. The highest BCUT2D eigenvalue weighted by Gasteiger charge is 2.21. The number of nitrogens with zero attached hydrogens (tertiary/aromatic N) is 2. The van der Waals surface area contributed by atoms with Crippen molar-refractivity contribution in [2.45, 2.75) is 13.8 Å². The zero-order chi connectivity index (χ0) is 17.8. The summed E-state index contributed by atoms with van der Waals surface area (Å²) in [5, 5.41) is 2.93. The molecule has 0 bridgehead atoms. The largest absolute Gasteiger partial charge is 0.378 e. The number of benzene rings is 1. The number of rotatable bonds is 3. The number of anilines is 1. The molecule has 1 aliphatic heterocycles. The summed E-state index contributed by atoms with van der Waals surface area (Å²) in [6, 6.07) is 9.00. The Balaban J connectivity index is 1.78. The third kappa shape index (κ3) is 3.85. The van der Waals surface area contributed by atoms with Gasteiger partial charge in [0.25, 0.3) is 11.8 Å². The lowest BCUT2D eigenvalue weighted by Crippen LogP contribution is -2.41. The Kier molecular flexibility index (Phi) is 5.09. The fraction of sp³-hybridized carbons (Fsp3) is 0.316. The van der Waals surface area contributed by atoms with E-state index in [1.54, 1.807) is 17.0 Å². The number of nitrogens with one attached hydrogen (secondary N) is 1. The fourth-order valence-electron chi connectivity index (χ4n) is 2.81. The van der Waals surface area contributed by atoms with E-state index in [1.165, 1.54) is 6.20 Å². The SMILES string of the molecule is Cc1cccc(C)c1NC(=O)c1ccnc(C(=O)N2CCOCC2)c1. The van der Waals surface area contributed by atoms with Crippen molar-refractivity contribution >= 4 is 17.5 Å². The number of amides is 2. The maximum atomic E-state index is 12.6. The zero-order valence-corrected chi connectivity index (χ0v) is 14.4. The molecular weight excluding hydrogens is 318 g/mol. The van der Waals surface area contributed by atoms with Gasteiger partial charge in [-0.1, -0.05) is 18.2 Å². The van der Waals surface area contributed by atoms with Gasteiger partial charge in [0.15, 0.2) is 0 Å². The number of aromatic nitrogens is 1. The normalized spacial score (nSPS) is 14.2. The van der Waals surface area contributed by atoms with Crippen molar-refractivity contribution in [1.82, 2.24) is 9.88 Å². The topological polar surface area (TPSA) is 71.5 Å². The van der Waals surface area contributed by atoms with Gasteiger partial charge in [-0.05, 0) is 37.1 Å². The monoisotopic (exact) mass is 339 g/mol. The van der Waals surface area contributed by atoms with Crippen LogP contribution in [0.2, 0.25) is 0 Å². The van der Waals surface area contributed by atoms with E-state index in [2.05, 4.69) is 10.3 Å². The van der Waals surface area contributed by atoms with E-state index in [0.29, 0.717) is 31.9 Å². The van der Waals surface area contributed by atoms with Gasteiger partial charge in [0.2, 0.25) is 0 Å². The van der Waals surface area contributed by atoms with Crippen LogP contribution in [-0.4, -0.2) is 48.0 Å². The summed E-state index contributed by atoms with van der Waals surface area (Å²) in [6.07, 6.45) is 1.49. The number of para-hydroxylation sites is 1. The van der Waals surface area contributed by atoms with Gasteiger partial charge < -0.3 is 15.0 Å². The van der Waals surface area contributed by atoms with Crippen molar-refractivity contribution in [3.05, 3.63) is 58.9 Å². The highest BCUT2D eigenvalue weighted by Crippen LogP contribution is 2.20. The second-order valence-electron chi connectivity index (χ2n) is 6.06. The molecule has 6 nitrogen and oxygen atoms in total. The van der Waals surface area contributed by atoms with Crippen LogP contribution in [0.25, 0.3) is 0 Å². The first-order valence-corrected chi connectivity index (χ1v) is 8.27. The lowest BCUT2D eigenvalue weighted by molar-refractivity contribution is 0.0299. The first kappa shape index (κ1) is 17.1. The molecule has 25 heavy (non-hydrogen) atoms. The van der Waals surface area contributed by atoms with Crippen molar-refractivity contribution < 1.29 is 14.3 Å². The Hall–Kier alpha value is -2.73. The predicted octanol–water partition coefficient (Wildman–Crippen LogP) is 2.42. The average molecular weight is 339 g/mol. The van der Waals surface area contributed by atoms with Crippen molar-refractivity contribution in [2.75, 3.05) is 31.6 Å². The molecule has 1 fully saturated rings. The Morgan fingerprint density at radius 1 is 1.12 bits per heavy atom. The lowest BCUT2D eigenvalue weighted by Gasteiger charge is -2.26. The summed E-state index contributed by atoms with van der Waals surface area (Å²) in [5.74, 6) is -0.430. The molecule has 1 N–H and O–H groups in total. The van der Waals surface area contributed by atoms with E-state index in [0.717, 1.165) is 16.8 Å². The Morgan fingerprint density at radius 2 is 1.80 bits per heavy atom. The Labute approximate surface area is 146 Å². The molecule has 6 heteroatoms. The number of carbonyl (C=O) groups excluding carboxylic acids is 2. The van der Waals surface area contributed by atoms with E-state index >= 15 is 0 Å². The summed E-state index contributed by atoms with van der Waals surface area (Å²) in [6.45, 7) is 6.03. The van der Waals surface area contributed by atoms with Crippen molar-refractivity contribution in [1.29, 1.82) is 0 Å². The molecular formula is C19H21N3O3. The van der Waals surface area contributed by atoms with Crippen LogP contribution < -0.4 is 5.32 Å². The van der Waals surface area contributed by atoms with Crippen LogP contribution in [0.15, 0.2) is 36.5 Å². The van der Waals surface area contributed by atoms with Gasteiger partial charge in [0, 0.05) is 30.5 Å². The van der Waals surface area contributed by atoms with E-state index in [4.69, 9.17) is 4.74 Å². The first-order chi connectivity index (χ1) is 12.1. The number of morpholine rings is 1. The first-order valence-electron chi connectivity index (χ1n) is 8.27. The van der Waals surface area contributed by atoms with Crippen molar-refractivity contribution in [3.63, 3.8) is 0 Å². The molecule has 0 spiro atoms. The van der Waals surface area contributed by atoms with Gasteiger partial charge in [-0.2, -0.15) is 0 Å². The zero-order valence-electron chi connectivity index (χ0n) is 14.4. The summed E-state index contributed by atoms with van der Waals surface area (Å²) < 4.78 is 5.26. The third-order valence-corrected chi connectivity index (χ3v) is 4.26. The number of carbonyl (C=O) groups is 2. The van der Waals surface area contributed by atoms with Crippen LogP contribution in [0.3, 0.4) is 0 Å². The van der Waals surface area contributed by atoms with Gasteiger partial charge >= 0.3 is 0 Å². The molecule has 3 rings (SSSR count). The van der Waals surface area contributed by atoms with Crippen LogP contribution in [0.1, 0.15) is 32.0 Å². The molecule has 0 saturated carbocycles. The second kappa shape index (κ2) is 7.44. The van der Waals surface area contributed by atoms with Gasteiger partial charge in [0.05, 0.1) is 13.2 Å². The van der Waals surface area contributed by atoms with E-state index in [1.807, 2.05) is 32.0 Å². The number of hydrogen-bond acceptors (Lipinski definition) is 4. The molecule has 0 radical (unpaired) electrons. The molecule has 0 atom stereocenters. The number of pyridine rings is 1. The number of ether oxygens (including phenoxy) is 1. The smallest absolute Gasteiger partial charge is 0.272 e. The third-order valence-electron chi connectivity index (χ3n) is 4.26. The van der Waals surface area contributed by atoms with Crippen LogP contribution in [-0.2, 0) is 4.74 Å². The molecule has 1 aromatic heterocycles. The van der Waals surface area contributed by atoms with Gasteiger partial charge in [-0.15, -0.1) is 0 Å². The summed E-state index contributed by atoms with van der Waals surface area (Å²) in [7, 11) is 0. The van der Waals surface area contributed by atoms with E-state index < -0.39 is 0 Å². The Morgan fingerprint density at radius 3 is 2.48 bits per heavy atom. The highest BCUT2D eigenvalue weighted by molar-refractivity contribution is 6.06. The van der Waals surface area contributed by atoms with Gasteiger partial charge in [0.1, 0.15) is 5.69 Å². The predicted molar refractivity (Wildman–Crippen MR) is 94.8 cm³/mol. The lowest BCUT2D eigenvalue weighted by atomic mass is 10.1. The Bertz CT molecular complexity index is 778. The molecule has 0 unspecified atom stereocenters. The van der Waals surface area contributed by atoms with E-state index in [-0.39, 0.29) is 17.5 Å². The maximum absolute atomic E-state index is 12.6. The molecule has 1 aromatic carbocycles. The quantitative estimate of drug-likeness (QED) is 0.932. The molecule has 1 aliphatic rings. The van der Waals surface area contributed by atoms with Crippen LogP contribution in [0, 0.1) is 13.8 Å². The van der Waals surface area contributed by atoms with Crippen molar-refractivity contribution in [3.8, 4) is 0 Å². The standard InChI is InChI=1S/C19H21N3O3/c1-13-4-3-5-14(2)17(13)21-18(23)15-6-7-20-16(12-15)19(24)22-8-10-25-11-9-22/h3-7,12H,8-11H2,1-2H3,(H,21,23). The van der Waals surface area contributed by atoms with Crippen molar-refractivity contribution in [2.24, 2.45) is 0 Å². The highest BCUT2D eigenvalue weighted by atomic mass is 16.5. The summed E-state index contributed by atoms with van der Waals surface area (Å²) in [5.41, 5.74) is 3.47. The van der Waals surface area contributed by atoms with Crippen LogP contribution in [0.4, 0.5) is 5.69 Å². The maximum Gasteiger partial charge on any atom is 0.272 e. The summed E-state index contributed by atoms with van der Waals surface area (Å²) >= 11 is 0. The summed E-state index contributed by atoms with van der Waals surface area (Å²) in [4.78, 5) is 30.9. The minimum Gasteiger partial charge on any atom is -0.378 e. The average Bonchev–Trinajstić information content (AvgIpc) is 2.65. The molecule has 130 valence electrons. The molecule has 2 heterocycles. The van der Waals surface area contributed by atoms with Crippen LogP contribution >= 0.6 is 0 Å². The minimum absolute atomic E-state index is 0.176. The van der Waals surface area contributed by atoms with Gasteiger partial charge in [-0.3, -0.25) is 14.6 Å². The minimum atomic E-state index is -0.254. The van der Waals surface area contributed by atoms with Gasteiger partial charge in [-0.25, -0.2) is 0 Å². The molecule has 0 aliphatic carbocycles. The second-order valence-corrected chi connectivity index (χ2v) is 6.06.